The number of amides is 1. The van der Waals surface area contributed by atoms with Crippen LogP contribution in [0.4, 0.5) is 0 Å². The lowest BCUT2D eigenvalue weighted by Crippen LogP contribution is -2.27. The van der Waals surface area contributed by atoms with Gasteiger partial charge < -0.3 is 14.8 Å². The molecule has 0 spiro atoms. The van der Waals surface area contributed by atoms with Crippen molar-refractivity contribution in [1.29, 1.82) is 0 Å². The van der Waals surface area contributed by atoms with Gasteiger partial charge in [0.15, 0.2) is 0 Å². The third-order valence-electron chi connectivity index (χ3n) is 5.58. The Morgan fingerprint density at radius 2 is 2.07 bits per heavy atom. The molecule has 6 nitrogen and oxygen atoms in total. The van der Waals surface area contributed by atoms with Gasteiger partial charge >= 0.3 is 0 Å². The van der Waals surface area contributed by atoms with Crippen molar-refractivity contribution in [1.82, 2.24) is 24.1 Å². The second-order valence-electron chi connectivity index (χ2n) is 8.27. The molecule has 0 radical (unpaired) electrons. The normalized spacial score (nSPS) is 15.8. The quantitative estimate of drug-likeness (QED) is 0.702. The van der Waals surface area contributed by atoms with Crippen LogP contribution in [0, 0.1) is 12.8 Å². The zero-order chi connectivity index (χ0) is 21.0. The van der Waals surface area contributed by atoms with Gasteiger partial charge in [0.2, 0.25) is 0 Å². The molecule has 0 aliphatic carbocycles. The van der Waals surface area contributed by atoms with Crippen molar-refractivity contribution in [2.24, 2.45) is 13.0 Å². The summed E-state index contributed by atoms with van der Waals surface area (Å²) < 4.78 is 4.42. The number of hydrogen-bond acceptors (Lipinski definition) is 5. The van der Waals surface area contributed by atoms with Crippen molar-refractivity contribution >= 4 is 17.9 Å². The van der Waals surface area contributed by atoms with E-state index in [1.165, 1.54) is 17.7 Å². The molecule has 3 rings (SSSR count). The lowest BCUT2D eigenvalue weighted by atomic mass is 10.0. The van der Waals surface area contributed by atoms with Gasteiger partial charge in [0.25, 0.3) is 5.91 Å². The highest BCUT2D eigenvalue weighted by Crippen LogP contribution is 2.32. The summed E-state index contributed by atoms with van der Waals surface area (Å²) in [6.07, 6.45) is 4.29. The molecule has 0 bridgehead atoms. The standard InChI is InChI=1S/C22H33N5OS/c1-16-8-11-27(12-9-16)29-21-13-20(26(5)17(21)2)22(28)24-14-18-7-6-10-23-19(18)15-25(3)4/h6-7,10,13,16H,8-9,11-12,14-15H2,1-5H3,(H,24,28). The van der Waals surface area contributed by atoms with Gasteiger partial charge in [-0.15, -0.1) is 0 Å². The van der Waals surface area contributed by atoms with Crippen molar-refractivity contribution in [3.05, 3.63) is 47.0 Å². The number of piperidine rings is 1. The molecule has 7 heteroatoms. The summed E-state index contributed by atoms with van der Waals surface area (Å²) in [4.78, 5) is 20.6. The number of hydrogen-bond donors (Lipinski definition) is 1. The molecule has 1 fully saturated rings. The first-order valence-electron chi connectivity index (χ1n) is 10.3. The van der Waals surface area contributed by atoms with Crippen LogP contribution in [-0.2, 0) is 20.1 Å². The van der Waals surface area contributed by atoms with Gasteiger partial charge in [-0.2, -0.15) is 0 Å². The molecule has 2 aromatic heterocycles. The molecule has 0 unspecified atom stereocenters. The molecule has 0 saturated carbocycles. The smallest absolute Gasteiger partial charge is 0.268 e. The van der Waals surface area contributed by atoms with Crippen LogP contribution in [0.25, 0.3) is 0 Å². The van der Waals surface area contributed by atoms with Crippen molar-refractivity contribution < 1.29 is 4.79 Å². The second-order valence-corrected chi connectivity index (χ2v) is 9.41. The maximum absolute atomic E-state index is 12.9. The van der Waals surface area contributed by atoms with Crippen molar-refractivity contribution in [2.45, 2.75) is 44.7 Å². The number of carbonyl (C=O) groups is 1. The van der Waals surface area contributed by atoms with E-state index < -0.39 is 0 Å². The van der Waals surface area contributed by atoms with E-state index in [0.29, 0.717) is 12.2 Å². The highest BCUT2D eigenvalue weighted by molar-refractivity contribution is 7.97. The molecule has 1 amide bonds. The summed E-state index contributed by atoms with van der Waals surface area (Å²) in [7, 11) is 6.01. The van der Waals surface area contributed by atoms with Crippen LogP contribution >= 0.6 is 11.9 Å². The van der Waals surface area contributed by atoms with E-state index in [4.69, 9.17) is 0 Å². The topological polar surface area (TPSA) is 53.4 Å². The van der Waals surface area contributed by atoms with Crippen LogP contribution in [-0.4, -0.2) is 51.8 Å². The molecule has 1 N–H and O–H groups in total. The molecule has 1 saturated heterocycles. The summed E-state index contributed by atoms with van der Waals surface area (Å²) in [5.41, 5.74) is 3.89. The van der Waals surface area contributed by atoms with Crippen LogP contribution in [0.3, 0.4) is 0 Å². The molecule has 1 aliphatic rings. The van der Waals surface area contributed by atoms with E-state index >= 15 is 0 Å². The zero-order valence-electron chi connectivity index (χ0n) is 18.2. The predicted octanol–water partition coefficient (Wildman–Crippen LogP) is 3.46. The highest BCUT2D eigenvalue weighted by Gasteiger charge is 2.21. The molecular weight excluding hydrogens is 382 g/mol. The van der Waals surface area contributed by atoms with Gasteiger partial charge in [0.1, 0.15) is 5.69 Å². The van der Waals surface area contributed by atoms with Gasteiger partial charge in [0, 0.05) is 50.0 Å². The predicted molar refractivity (Wildman–Crippen MR) is 119 cm³/mol. The monoisotopic (exact) mass is 415 g/mol. The highest BCUT2D eigenvalue weighted by atomic mass is 32.2. The Morgan fingerprint density at radius 3 is 2.76 bits per heavy atom. The van der Waals surface area contributed by atoms with E-state index in [9.17, 15) is 4.79 Å². The maximum atomic E-state index is 12.9. The van der Waals surface area contributed by atoms with Crippen LogP contribution in [0.2, 0.25) is 0 Å². The number of pyridine rings is 1. The third kappa shape index (κ3) is 5.62. The lowest BCUT2D eigenvalue weighted by Gasteiger charge is -2.28. The molecule has 3 heterocycles. The third-order valence-corrected chi connectivity index (χ3v) is 6.81. The van der Waals surface area contributed by atoms with Crippen molar-refractivity contribution in [3.63, 3.8) is 0 Å². The maximum Gasteiger partial charge on any atom is 0.268 e. The first-order valence-corrected chi connectivity index (χ1v) is 11.1. The van der Waals surface area contributed by atoms with Gasteiger partial charge in [-0.3, -0.25) is 9.78 Å². The SMILES string of the molecule is Cc1c(SN2CCC(C)CC2)cc(C(=O)NCc2cccnc2CN(C)C)n1C. The van der Waals surface area contributed by atoms with Crippen molar-refractivity contribution in [3.8, 4) is 0 Å². The first kappa shape index (κ1) is 21.9. The Morgan fingerprint density at radius 1 is 1.34 bits per heavy atom. The van der Waals surface area contributed by atoms with Crippen LogP contribution in [0.5, 0.6) is 0 Å². The second kappa shape index (κ2) is 9.78. The number of nitrogens with one attached hydrogen (secondary N) is 1. The summed E-state index contributed by atoms with van der Waals surface area (Å²) in [5.74, 6) is 0.768. The Balaban J connectivity index is 1.66. The molecule has 0 atom stereocenters. The van der Waals surface area contributed by atoms with Gasteiger partial charge in [0.05, 0.1) is 5.69 Å². The number of rotatable bonds is 7. The number of aromatic nitrogens is 2. The average molecular weight is 416 g/mol. The summed E-state index contributed by atoms with van der Waals surface area (Å²) in [5, 5.41) is 3.08. The fourth-order valence-corrected chi connectivity index (χ4v) is 4.64. The van der Waals surface area contributed by atoms with E-state index in [0.717, 1.165) is 42.5 Å². The first-order chi connectivity index (χ1) is 13.8. The van der Waals surface area contributed by atoms with Crippen LogP contribution in [0.15, 0.2) is 29.3 Å². The Hall–Kier alpha value is -1.83. The Kier molecular flexibility index (Phi) is 7.38. The Bertz CT molecular complexity index is 840. The van der Waals surface area contributed by atoms with E-state index in [-0.39, 0.29) is 5.91 Å². The summed E-state index contributed by atoms with van der Waals surface area (Å²) in [6, 6.07) is 5.97. The number of carbonyl (C=O) groups excluding carboxylic acids is 1. The van der Waals surface area contributed by atoms with Gasteiger partial charge in [-0.25, -0.2) is 4.31 Å². The summed E-state index contributed by atoms with van der Waals surface area (Å²) >= 11 is 1.79. The fourth-order valence-electron chi connectivity index (χ4n) is 3.54. The van der Waals surface area contributed by atoms with Crippen LogP contribution < -0.4 is 5.32 Å². The molecular formula is C22H33N5OS. The molecule has 2 aromatic rings. The lowest BCUT2D eigenvalue weighted by molar-refractivity contribution is 0.0942. The minimum Gasteiger partial charge on any atom is -0.347 e. The van der Waals surface area contributed by atoms with E-state index in [1.54, 1.807) is 18.1 Å². The molecule has 158 valence electrons. The van der Waals surface area contributed by atoms with E-state index in [2.05, 4.69) is 33.4 Å². The summed E-state index contributed by atoms with van der Waals surface area (Å²) in [6.45, 7) is 7.86. The van der Waals surface area contributed by atoms with Gasteiger partial charge in [-0.1, -0.05) is 13.0 Å². The van der Waals surface area contributed by atoms with Crippen molar-refractivity contribution in [2.75, 3.05) is 27.2 Å². The minimum atomic E-state index is -0.0469. The largest absolute Gasteiger partial charge is 0.347 e. The minimum absolute atomic E-state index is 0.0469. The average Bonchev–Trinajstić information content (AvgIpc) is 2.97. The molecule has 29 heavy (non-hydrogen) atoms. The zero-order valence-corrected chi connectivity index (χ0v) is 19.1. The van der Waals surface area contributed by atoms with E-state index in [1.807, 2.05) is 43.9 Å². The fraction of sp³-hybridized carbons (Fsp3) is 0.545. The van der Waals surface area contributed by atoms with Crippen LogP contribution in [0.1, 0.15) is 47.2 Å². The Labute approximate surface area is 178 Å². The molecule has 0 aromatic carbocycles. The van der Waals surface area contributed by atoms with Gasteiger partial charge in [-0.05, 0) is 69.4 Å². The number of nitrogens with zero attached hydrogens (tertiary/aromatic N) is 4. The molecule has 1 aliphatic heterocycles.